The fourth-order valence-electron chi connectivity index (χ4n) is 1.15. The van der Waals surface area contributed by atoms with Gasteiger partial charge in [-0.25, -0.2) is 9.38 Å². The summed E-state index contributed by atoms with van der Waals surface area (Å²) in [6, 6.07) is 0. The van der Waals surface area contributed by atoms with E-state index in [0.29, 0.717) is 5.95 Å². The summed E-state index contributed by atoms with van der Waals surface area (Å²) >= 11 is 1.52. The third-order valence-electron chi connectivity index (χ3n) is 1.78. The maximum Gasteiger partial charge on any atom is 0.228 e. The summed E-state index contributed by atoms with van der Waals surface area (Å²) in [5, 5.41) is 8.57. The topological polar surface area (TPSA) is 69.1 Å². The van der Waals surface area contributed by atoms with Crippen molar-refractivity contribution in [2.45, 2.75) is 12.1 Å². The number of thioether (sulfide) groups is 1. The molecular formula is C7H9N5S. The van der Waals surface area contributed by atoms with Crippen molar-refractivity contribution in [1.29, 1.82) is 0 Å². The van der Waals surface area contributed by atoms with Crippen LogP contribution in [0.5, 0.6) is 0 Å². The van der Waals surface area contributed by atoms with Crippen LogP contribution in [0, 0.1) is 6.92 Å². The normalized spacial score (nSPS) is 10.9. The second-order valence-corrected chi connectivity index (χ2v) is 3.42. The van der Waals surface area contributed by atoms with Crippen molar-refractivity contribution in [3.05, 3.63) is 11.8 Å². The summed E-state index contributed by atoms with van der Waals surface area (Å²) in [7, 11) is 0. The van der Waals surface area contributed by atoms with E-state index in [1.54, 1.807) is 10.6 Å². The molecule has 68 valence electrons. The number of aromatic nitrogens is 4. The van der Waals surface area contributed by atoms with Crippen LogP contribution in [-0.2, 0) is 0 Å². The Morgan fingerprint density at radius 3 is 2.92 bits per heavy atom. The molecule has 0 aliphatic carbocycles. The second-order valence-electron chi connectivity index (χ2n) is 2.65. The molecule has 5 nitrogen and oxygen atoms in total. The molecule has 6 heteroatoms. The average Bonchev–Trinajstić information content (AvgIpc) is 2.51. The molecule has 0 spiro atoms. The molecule has 2 aromatic heterocycles. The van der Waals surface area contributed by atoms with E-state index in [2.05, 4.69) is 15.2 Å². The quantitative estimate of drug-likeness (QED) is 0.537. The largest absolute Gasteiger partial charge is 0.368 e. The minimum Gasteiger partial charge on any atom is -0.368 e. The first kappa shape index (κ1) is 8.31. The van der Waals surface area contributed by atoms with Crippen LogP contribution in [0.15, 0.2) is 11.4 Å². The zero-order valence-corrected chi connectivity index (χ0v) is 8.17. The number of nitrogen functional groups attached to an aromatic ring is 1. The van der Waals surface area contributed by atoms with Gasteiger partial charge in [0, 0.05) is 11.8 Å². The number of hydrogen-bond donors (Lipinski definition) is 1. The standard InChI is InChI=1S/C7H9N5S/c1-4-3-9-7(13-2)12-5(4)10-11-6(12)8/h3H,1-2H3,(H2,8,11). The minimum absolute atomic E-state index is 0.385. The van der Waals surface area contributed by atoms with Crippen molar-refractivity contribution in [3.63, 3.8) is 0 Å². The van der Waals surface area contributed by atoms with E-state index in [9.17, 15) is 0 Å². The van der Waals surface area contributed by atoms with Crippen LogP contribution in [0.1, 0.15) is 5.56 Å². The smallest absolute Gasteiger partial charge is 0.228 e. The molecule has 2 aromatic rings. The molecule has 0 saturated carbocycles. The van der Waals surface area contributed by atoms with E-state index in [1.165, 1.54) is 11.8 Å². The molecule has 0 radical (unpaired) electrons. The molecule has 0 bridgehead atoms. The molecule has 0 fully saturated rings. The highest BCUT2D eigenvalue weighted by Crippen LogP contribution is 2.18. The summed E-state index contributed by atoms with van der Waals surface area (Å²) in [6.45, 7) is 1.93. The fraction of sp³-hybridized carbons (Fsp3) is 0.286. The minimum atomic E-state index is 0.385. The predicted molar refractivity (Wildman–Crippen MR) is 51.7 cm³/mol. The molecule has 0 aromatic carbocycles. The summed E-state index contributed by atoms with van der Waals surface area (Å²) < 4.78 is 1.75. The molecule has 2 rings (SSSR count). The Balaban J connectivity index is 2.88. The van der Waals surface area contributed by atoms with Crippen LogP contribution in [0.4, 0.5) is 5.95 Å². The van der Waals surface area contributed by atoms with E-state index in [4.69, 9.17) is 5.73 Å². The van der Waals surface area contributed by atoms with Gasteiger partial charge in [0.05, 0.1) is 0 Å². The number of fused-ring (bicyclic) bond motifs is 1. The molecule has 13 heavy (non-hydrogen) atoms. The lowest BCUT2D eigenvalue weighted by atomic mass is 10.4. The van der Waals surface area contributed by atoms with Gasteiger partial charge in [-0.15, -0.1) is 10.2 Å². The van der Waals surface area contributed by atoms with Crippen molar-refractivity contribution < 1.29 is 0 Å². The second kappa shape index (κ2) is 2.88. The number of nitrogens with zero attached hydrogens (tertiary/aromatic N) is 4. The van der Waals surface area contributed by atoms with Crippen molar-refractivity contribution >= 4 is 23.4 Å². The van der Waals surface area contributed by atoms with Gasteiger partial charge < -0.3 is 5.73 Å². The number of rotatable bonds is 1. The van der Waals surface area contributed by atoms with Gasteiger partial charge in [0.25, 0.3) is 0 Å². The van der Waals surface area contributed by atoms with Gasteiger partial charge in [-0.3, -0.25) is 0 Å². The Kier molecular flexibility index (Phi) is 1.84. The van der Waals surface area contributed by atoms with Gasteiger partial charge in [0.2, 0.25) is 5.95 Å². The Morgan fingerprint density at radius 2 is 2.23 bits per heavy atom. The van der Waals surface area contributed by atoms with E-state index < -0.39 is 0 Å². The van der Waals surface area contributed by atoms with Gasteiger partial charge in [-0.05, 0) is 13.2 Å². The maximum absolute atomic E-state index is 5.66. The number of anilines is 1. The van der Waals surface area contributed by atoms with Gasteiger partial charge in [-0.1, -0.05) is 11.8 Å². The zero-order valence-electron chi connectivity index (χ0n) is 7.35. The number of aryl methyl sites for hydroxylation is 1. The van der Waals surface area contributed by atoms with Gasteiger partial charge in [0.1, 0.15) is 0 Å². The first-order valence-electron chi connectivity index (χ1n) is 3.74. The monoisotopic (exact) mass is 195 g/mol. The maximum atomic E-state index is 5.66. The van der Waals surface area contributed by atoms with Crippen molar-refractivity contribution in [3.8, 4) is 0 Å². The summed E-state index contributed by atoms with van der Waals surface area (Å²) in [5.41, 5.74) is 7.41. The van der Waals surface area contributed by atoms with Crippen molar-refractivity contribution in [1.82, 2.24) is 19.6 Å². The first-order valence-corrected chi connectivity index (χ1v) is 4.96. The SMILES string of the molecule is CSc1ncc(C)c2nnc(N)n12. The van der Waals surface area contributed by atoms with Crippen LogP contribution in [0.2, 0.25) is 0 Å². The lowest BCUT2D eigenvalue weighted by Crippen LogP contribution is -2.00. The van der Waals surface area contributed by atoms with Crippen LogP contribution in [-0.4, -0.2) is 25.8 Å². The molecule has 2 heterocycles. The fourth-order valence-corrected chi connectivity index (χ4v) is 1.67. The average molecular weight is 195 g/mol. The van der Waals surface area contributed by atoms with E-state index in [-0.39, 0.29) is 0 Å². The predicted octanol–water partition coefficient (Wildman–Crippen LogP) is 0.737. The third kappa shape index (κ3) is 1.14. The summed E-state index contributed by atoms with van der Waals surface area (Å²) in [5.74, 6) is 0.385. The Hall–Kier alpha value is -1.30. The van der Waals surface area contributed by atoms with Crippen LogP contribution in [0.3, 0.4) is 0 Å². The molecule has 0 atom stereocenters. The van der Waals surface area contributed by atoms with Gasteiger partial charge in [-0.2, -0.15) is 0 Å². The molecule has 0 saturated heterocycles. The molecular weight excluding hydrogens is 186 g/mol. The van der Waals surface area contributed by atoms with Crippen molar-refractivity contribution in [2.24, 2.45) is 0 Å². The van der Waals surface area contributed by atoms with Gasteiger partial charge in [0.15, 0.2) is 10.8 Å². The highest BCUT2D eigenvalue weighted by atomic mass is 32.2. The van der Waals surface area contributed by atoms with E-state index in [1.807, 2.05) is 13.2 Å². The summed E-state index contributed by atoms with van der Waals surface area (Å²) in [4.78, 5) is 4.22. The Labute approximate surface area is 79.4 Å². The lowest BCUT2D eigenvalue weighted by molar-refractivity contribution is 0.900. The third-order valence-corrected chi connectivity index (χ3v) is 2.44. The van der Waals surface area contributed by atoms with E-state index in [0.717, 1.165) is 16.4 Å². The highest BCUT2D eigenvalue weighted by molar-refractivity contribution is 7.98. The van der Waals surface area contributed by atoms with Crippen LogP contribution < -0.4 is 5.73 Å². The van der Waals surface area contributed by atoms with Crippen LogP contribution in [0.25, 0.3) is 5.65 Å². The van der Waals surface area contributed by atoms with Gasteiger partial charge >= 0.3 is 0 Å². The Morgan fingerprint density at radius 1 is 1.46 bits per heavy atom. The first-order chi connectivity index (χ1) is 6.24. The molecule has 2 N–H and O–H groups in total. The molecule has 0 aliphatic rings. The Bertz CT molecular complexity index is 449. The number of nitrogens with two attached hydrogens (primary N) is 1. The number of hydrogen-bond acceptors (Lipinski definition) is 5. The molecule has 0 aliphatic heterocycles. The van der Waals surface area contributed by atoms with E-state index >= 15 is 0 Å². The van der Waals surface area contributed by atoms with Crippen molar-refractivity contribution in [2.75, 3.05) is 12.0 Å². The molecule has 0 amide bonds. The summed E-state index contributed by atoms with van der Waals surface area (Å²) in [6.07, 6.45) is 3.71. The zero-order chi connectivity index (χ0) is 9.42. The highest BCUT2D eigenvalue weighted by Gasteiger charge is 2.08. The molecule has 0 unspecified atom stereocenters. The lowest BCUT2D eigenvalue weighted by Gasteiger charge is -2.02. The van der Waals surface area contributed by atoms with Crippen LogP contribution >= 0.6 is 11.8 Å².